The maximum absolute atomic E-state index is 5.23. The molecule has 0 radical (unpaired) electrons. The van der Waals surface area contributed by atoms with Gasteiger partial charge in [-0.15, -0.1) is 0 Å². The Hall–Kier alpha value is -1.17. The lowest BCUT2D eigenvalue weighted by Crippen LogP contribution is -2.31. The predicted octanol–water partition coefficient (Wildman–Crippen LogP) is 2.61. The third-order valence-corrected chi connectivity index (χ3v) is 3.90. The van der Waals surface area contributed by atoms with E-state index in [1.54, 1.807) is 7.11 Å². The average molecular weight is 307 g/mol. The van der Waals surface area contributed by atoms with Crippen molar-refractivity contribution in [3.8, 4) is 0 Å². The maximum Gasteiger partial charge on any atom is 0.170 e. The smallest absolute Gasteiger partial charge is 0.170 e. The standard InChI is InChI=1S/C16H25N3OS/c1-20-12-9-17-16(21)18-15-7-5-14(6-8-15)13-19-10-3-2-4-11-19/h5-8H,2-4,9-13H2,1H3,(H2,17,18,21). The Balaban J connectivity index is 1.77. The summed E-state index contributed by atoms with van der Waals surface area (Å²) in [7, 11) is 1.68. The van der Waals surface area contributed by atoms with Crippen LogP contribution in [-0.2, 0) is 11.3 Å². The van der Waals surface area contributed by atoms with Gasteiger partial charge in [0.1, 0.15) is 0 Å². The molecule has 1 aromatic carbocycles. The minimum Gasteiger partial charge on any atom is -0.383 e. The molecule has 1 fully saturated rings. The Morgan fingerprint density at radius 1 is 1.19 bits per heavy atom. The van der Waals surface area contributed by atoms with Crippen molar-refractivity contribution in [3.05, 3.63) is 29.8 Å². The van der Waals surface area contributed by atoms with Crippen molar-refractivity contribution < 1.29 is 4.74 Å². The number of nitrogens with zero attached hydrogens (tertiary/aromatic N) is 1. The molecule has 1 aromatic rings. The molecule has 4 nitrogen and oxygen atoms in total. The Labute approximate surface area is 132 Å². The molecule has 0 aromatic heterocycles. The molecule has 1 heterocycles. The number of nitrogens with one attached hydrogen (secondary N) is 2. The number of likely N-dealkylation sites (tertiary alicyclic amines) is 1. The van der Waals surface area contributed by atoms with E-state index in [2.05, 4.69) is 39.8 Å². The summed E-state index contributed by atoms with van der Waals surface area (Å²) in [4.78, 5) is 2.53. The van der Waals surface area contributed by atoms with Crippen LogP contribution in [0, 0.1) is 0 Å². The van der Waals surface area contributed by atoms with Gasteiger partial charge in [-0.3, -0.25) is 4.90 Å². The SMILES string of the molecule is COCCNC(=S)Nc1ccc(CN2CCCCC2)cc1. The monoisotopic (exact) mass is 307 g/mol. The first-order chi connectivity index (χ1) is 10.3. The van der Waals surface area contributed by atoms with Crippen molar-refractivity contribution in [1.82, 2.24) is 10.2 Å². The van der Waals surface area contributed by atoms with Gasteiger partial charge in [0.15, 0.2) is 5.11 Å². The highest BCUT2D eigenvalue weighted by atomic mass is 32.1. The third kappa shape index (κ3) is 5.99. The first-order valence-electron chi connectivity index (χ1n) is 7.63. The highest BCUT2D eigenvalue weighted by Gasteiger charge is 2.10. The van der Waals surface area contributed by atoms with E-state index < -0.39 is 0 Å². The van der Waals surface area contributed by atoms with Gasteiger partial charge in [-0.1, -0.05) is 18.6 Å². The Kier molecular flexibility index (Phi) is 6.92. The van der Waals surface area contributed by atoms with Crippen molar-refractivity contribution in [2.45, 2.75) is 25.8 Å². The van der Waals surface area contributed by atoms with Crippen molar-refractivity contribution in [2.75, 3.05) is 38.7 Å². The zero-order valence-electron chi connectivity index (χ0n) is 12.7. The molecule has 0 saturated carbocycles. The molecule has 0 spiro atoms. The van der Waals surface area contributed by atoms with Gasteiger partial charge in [0.2, 0.25) is 0 Å². The van der Waals surface area contributed by atoms with Crippen LogP contribution in [0.15, 0.2) is 24.3 Å². The highest BCUT2D eigenvalue weighted by molar-refractivity contribution is 7.80. The van der Waals surface area contributed by atoms with Gasteiger partial charge in [-0.25, -0.2) is 0 Å². The molecule has 5 heteroatoms. The number of methoxy groups -OCH3 is 1. The summed E-state index contributed by atoms with van der Waals surface area (Å²) in [5.74, 6) is 0. The second-order valence-electron chi connectivity index (χ2n) is 5.41. The number of ether oxygens (including phenoxy) is 1. The predicted molar refractivity (Wildman–Crippen MR) is 91.7 cm³/mol. The van der Waals surface area contributed by atoms with Crippen LogP contribution in [0.2, 0.25) is 0 Å². The van der Waals surface area contributed by atoms with E-state index in [-0.39, 0.29) is 0 Å². The lowest BCUT2D eigenvalue weighted by atomic mass is 10.1. The minimum atomic E-state index is 0.635. The van der Waals surface area contributed by atoms with Gasteiger partial charge in [-0.2, -0.15) is 0 Å². The third-order valence-electron chi connectivity index (χ3n) is 3.66. The number of thiocarbonyl (C=S) groups is 1. The summed E-state index contributed by atoms with van der Waals surface area (Å²) in [5.41, 5.74) is 2.38. The lowest BCUT2D eigenvalue weighted by Gasteiger charge is -2.26. The molecule has 2 rings (SSSR count). The fourth-order valence-electron chi connectivity index (χ4n) is 2.51. The minimum absolute atomic E-state index is 0.635. The molecular formula is C16H25N3OS. The molecule has 1 aliphatic rings. The molecule has 0 amide bonds. The molecule has 2 N–H and O–H groups in total. The normalized spacial score (nSPS) is 15.7. The van der Waals surface area contributed by atoms with Crippen LogP contribution < -0.4 is 10.6 Å². The Morgan fingerprint density at radius 3 is 2.57 bits per heavy atom. The number of anilines is 1. The van der Waals surface area contributed by atoms with Gasteiger partial charge < -0.3 is 15.4 Å². The summed E-state index contributed by atoms with van der Waals surface area (Å²) >= 11 is 5.23. The summed E-state index contributed by atoms with van der Waals surface area (Å²) in [5, 5.41) is 6.92. The van der Waals surface area contributed by atoms with Crippen LogP contribution >= 0.6 is 12.2 Å². The van der Waals surface area contributed by atoms with Crippen LogP contribution in [0.3, 0.4) is 0 Å². The van der Waals surface area contributed by atoms with E-state index in [1.165, 1.54) is 37.9 Å². The molecule has 1 saturated heterocycles. The van der Waals surface area contributed by atoms with Crippen molar-refractivity contribution in [2.24, 2.45) is 0 Å². The number of rotatable bonds is 6. The van der Waals surface area contributed by atoms with E-state index in [1.807, 2.05) is 0 Å². The molecule has 0 unspecified atom stereocenters. The van der Waals surface area contributed by atoms with Gasteiger partial charge in [0.25, 0.3) is 0 Å². The average Bonchev–Trinajstić information content (AvgIpc) is 2.51. The fourth-order valence-corrected chi connectivity index (χ4v) is 2.73. The second kappa shape index (κ2) is 8.97. The van der Waals surface area contributed by atoms with E-state index >= 15 is 0 Å². The molecule has 116 valence electrons. The zero-order valence-corrected chi connectivity index (χ0v) is 13.5. The van der Waals surface area contributed by atoms with Gasteiger partial charge in [0.05, 0.1) is 6.61 Å². The molecule has 1 aliphatic heterocycles. The van der Waals surface area contributed by atoms with Crippen molar-refractivity contribution in [1.29, 1.82) is 0 Å². The van der Waals surface area contributed by atoms with E-state index in [0.717, 1.165) is 18.8 Å². The topological polar surface area (TPSA) is 36.5 Å². The summed E-state index contributed by atoms with van der Waals surface area (Å²) in [6.07, 6.45) is 4.05. The van der Waals surface area contributed by atoms with Gasteiger partial charge >= 0.3 is 0 Å². The first-order valence-corrected chi connectivity index (χ1v) is 8.04. The first kappa shape index (κ1) is 16.2. The van der Waals surface area contributed by atoms with Crippen LogP contribution in [0.5, 0.6) is 0 Å². The van der Waals surface area contributed by atoms with Gasteiger partial charge in [0, 0.05) is 25.9 Å². The molecule has 0 aliphatic carbocycles. The second-order valence-corrected chi connectivity index (χ2v) is 5.82. The summed E-state index contributed by atoms with van der Waals surface area (Å²) in [6, 6.07) is 8.52. The van der Waals surface area contributed by atoms with E-state index in [4.69, 9.17) is 17.0 Å². The van der Waals surface area contributed by atoms with Gasteiger partial charge in [-0.05, 0) is 55.8 Å². The Morgan fingerprint density at radius 2 is 1.90 bits per heavy atom. The van der Waals surface area contributed by atoms with Crippen LogP contribution in [0.1, 0.15) is 24.8 Å². The van der Waals surface area contributed by atoms with E-state index in [9.17, 15) is 0 Å². The highest BCUT2D eigenvalue weighted by Crippen LogP contribution is 2.15. The van der Waals surface area contributed by atoms with Crippen molar-refractivity contribution >= 4 is 23.0 Å². The molecule has 0 atom stereocenters. The maximum atomic E-state index is 5.23. The Bertz CT molecular complexity index is 430. The fraction of sp³-hybridized carbons (Fsp3) is 0.562. The summed E-state index contributed by atoms with van der Waals surface area (Å²) < 4.78 is 4.98. The number of hydrogen-bond acceptors (Lipinski definition) is 3. The van der Waals surface area contributed by atoms with Crippen LogP contribution in [0.25, 0.3) is 0 Å². The molecule has 0 bridgehead atoms. The van der Waals surface area contributed by atoms with Crippen molar-refractivity contribution in [3.63, 3.8) is 0 Å². The largest absolute Gasteiger partial charge is 0.383 e. The summed E-state index contributed by atoms with van der Waals surface area (Å²) in [6.45, 7) is 4.88. The van der Waals surface area contributed by atoms with Crippen LogP contribution in [0.4, 0.5) is 5.69 Å². The zero-order chi connectivity index (χ0) is 14.9. The quantitative estimate of drug-likeness (QED) is 0.624. The number of piperidine rings is 1. The number of benzene rings is 1. The molecular weight excluding hydrogens is 282 g/mol. The van der Waals surface area contributed by atoms with Crippen LogP contribution in [-0.4, -0.2) is 43.4 Å². The molecule has 21 heavy (non-hydrogen) atoms. The lowest BCUT2D eigenvalue weighted by molar-refractivity contribution is 0.204. The number of hydrogen-bond donors (Lipinski definition) is 2. The van der Waals surface area contributed by atoms with E-state index in [0.29, 0.717) is 11.7 Å².